The maximum Gasteiger partial charge on any atom is 0.133 e. The number of nitrogens with zero attached hydrogens (tertiary/aromatic N) is 1. The number of hydrogen-bond acceptors (Lipinski definition) is 3. The third-order valence-electron chi connectivity index (χ3n) is 13.2. The predicted octanol–water partition coefficient (Wildman–Crippen LogP) is 15.5. The molecular weight excluding hydrogens is 699 g/mol. The van der Waals surface area contributed by atoms with Crippen LogP contribution in [0.3, 0.4) is 0 Å². The van der Waals surface area contributed by atoms with E-state index in [2.05, 4.69) is 176 Å². The zero-order chi connectivity index (χ0) is 37.2. The molecule has 7 aromatic carbocycles. The Morgan fingerprint density at radius 3 is 1.91 bits per heavy atom. The number of benzene rings is 7. The van der Waals surface area contributed by atoms with Crippen LogP contribution in [0.1, 0.15) is 49.1 Å². The topological polar surface area (TPSA) is 12.5 Å². The quantitative estimate of drug-likeness (QED) is 0.154. The molecule has 0 unspecified atom stereocenters. The molecule has 0 atom stereocenters. The second-order valence-corrected chi connectivity index (χ2v) is 17.7. The molecule has 1 aromatic heterocycles. The molecule has 0 radical (unpaired) electrons. The van der Waals surface area contributed by atoms with Crippen molar-refractivity contribution in [1.29, 1.82) is 0 Å². The molecule has 8 aromatic rings. The number of para-hydroxylation sites is 2. The van der Waals surface area contributed by atoms with E-state index in [1.807, 2.05) is 11.3 Å². The lowest BCUT2D eigenvalue weighted by molar-refractivity contribution is -0.00335. The lowest BCUT2D eigenvalue weighted by Crippen LogP contribution is -2.43. The van der Waals surface area contributed by atoms with E-state index in [1.165, 1.54) is 80.1 Å². The molecule has 12 rings (SSSR count). The molecule has 56 heavy (non-hydrogen) atoms. The van der Waals surface area contributed by atoms with Crippen molar-refractivity contribution in [2.24, 2.45) is 23.7 Å². The maximum atomic E-state index is 7.02. The monoisotopic (exact) mass is 743 g/mol. The summed E-state index contributed by atoms with van der Waals surface area (Å²) < 4.78 is 9.67. The van der Waals surface area contributed by atoms with Crippen LogP contribution in [-0.4, -0.2) is 0 Å². The molecule has 0 saturated heterocycles. The van der Waals surface area contributed by atoms with Gasteiger partial charge in [0.1, 0.15) is 11.5 Å². The first kappa shape index (κ1) is 33.7. The van der Waals surface area contributed by atoms with Crippen LogP contribution in [0.15, 0.2) is 164 Å². The first-order valence-corrected chi connectivity index (χ1v) is 21.3. The highest BCUT2D eigenvalue weighted by Gasteiger charge is 2.49. The van der Waals surface area contributed by atoms with Gasteiger partial charge in [-0.15, -0.1) is 11.3 Å². The third-order valence-corrected chi connectivity index (χ3v) is 14.4. The molecule has 4 saturated carbocycles. The summed E-state index contributed by atoms with van der Waals surface area (Å²) in [6, 6.07) is 59.9. The fraction of sp³-hybridized carbons (Fsp3) is 0.208. The lowest BCUT2D eigenvalue weighted by atomic mass is 9.50. The van der Waals surface area contributed by atoms with E-state index in [0.717, 1.165) is 57.8 Å². The van der Waals surface area contributed by atoms with Crippen molar-refractivity contribution >= 4 is 48.6 Å². The second-order valence-electron chi connectivity index (χ2n) is 16.6. The molecule has 0 N–H and O–H groups in total. The summed E-state index contributed by atoms with van der Waals surface area (Å²) in [5, 5.41) is 2.67. The van der Waals surface area contributed by atoms with E-state index in [-0.39, 0.29) is 0 Å². The minimum Gasteiger partial charge on any atom is -0.457 e. The molecule has 4 aliphatic carbocycles. The number of fused-ring (bicyclic) bond motifs is 3. The van der Waals surface area contributed by atoms with Gasteiger partial charge in [0, 0.05) is 43.3 Å². The molecule has 3 heteroatoms. The Labute approximate surface area is 334 Å². The highest BCUT2D eigenvalue weighted by atomic mass is 32.1. The highest BCUT2D eigenvalue weighted by Crippen LogP contribution is 2.61. The lowest BCUT2D eigenvalue weighted by Gasteiger charge is -2.54. The van der Waals surface area contributed by atoms with Crippen molar-refractivity contribution in [3.63, 3.8) is 0 Å². The Hall–Kier alpha value is -5.64. The number of rotatable bonds is 8. The van der Waals surface area contributed by atoms with E-state index >= 15 is 0 Å². The fourth-order valence-corrected chi connectivity index (χ4v) is 12.2. The van der Waals surface area contributed by atoms with Gasteiger partial charge in [-0.2, -0.15) is 0 Å². The van der Waals surface area contributed by atoms with Crippen LogP contribution in [0.5, 0.6) is 11.5 Å². The normalized spacial score (nSPS) is 21.1. The van der Waals surface area contributed by atoms with Crippen molar-refractivity contribution in [3.8, 4) is 33.8 Å². The van der Waals surface area contributed by atoms with Crippen LogP contribution in [0, 0.1) is 30.6 Å². The van der Waals surface area contributed by atoms with Crippen molar-refractivity contribution in [1.82, 2.24) is 0 Å². The molecule has 4 aliphatic rings. The van der Waals surface area contributed by atoms with Gasteiger partial charge in [0.2, 0.25) is 0 Å². The van der Waals surface area contributed by atoms with E-state index in [9.17, 15) is 0 Å². The standard InChI is InChI=1S/C53H45NOS/c1-34-12-5-9-19-48(34)55-49-33-42(26-27-46(49)52-38-29-35-28-36(31-38)32-39(52)30-35)54(40-13-3-2-4-14-40)41-24-22-37(23-25-41)43-15-6-7-16-44(43)45-18-11-21-51-53(45)47-17-8-10-20-50(47)56-51/h2-27,33,35-36,38-39,52H,28-32H2,1H3. The Balaban J connectivity index is 1.00. The number of aryl methyl sites for hydroxylation is 1. The van der Waals surface area contributed by atoms with Gasteiger partial charge >= 0.3 is 0 Å². The molecular formula is C53H45NOS. The van der Waals surface area contributed by atoms with Crippen molar-refractivity contribution in [2.75, 3.05) is 4.90 Å². The maximum absolute atomic E-state index is 7.02. The number of anilines is 3. The first-order chi connectivity index (χ1) is 27.6. The molecule has 0 amide bonds. The predicted molar refractivity (Wildman–Crippen MR) is 236 cm³/mol. The van der Waals surface area contributed by atoms with Crippen LogP contribution in [-0.2, 0) is 0 Å². The second kappa shape index (κ2) is 13.8. The average Bonchev–Trinajstić information content (AvgIpc) is 3.62. The largest absolute Gasteiger partial charge is 0.457 e. The third kappa shape index (κ3) is 5.83. The summed E-state index contributed by atoms with van der Waals surface area (Å²) >= 11 is 1.88. The summed E-state index contributed by atoms with van der Waals surface area (Å²) in [6.07, 6.45) is 6.99. The van der Waals surface area contributed by atoms with Crippen molar-refractivity contribution < 1.29 is 4.74 Å². The molecule has 1 heterocycles. The van der Waals surface area contributed by atoms with Crippen LogP contribution < -0.4 is 9.64 Å². The van der Waals surface area contributed by atoms with Gasteiger partial charge in [0.05, 0.1) is 0 Å². The molecule has 4 bridgehead atoms. The molecule has 2 nitrogen and oxygen atoms in total. The van der Waals surface area contributed by atoms with Gasteiger partial charge in [-0.05, 0) is 151 Å². The van der Waals surface area contributed by atoms with E-state index in [0.29, 0.717) is 5.92 Å². The van der Waals surface area contributed by atoms with Crippen molar-refractivity contribution in [3.05, 3.63) is 175 Å². The summed E-state index contributed by atoms with van der Waals surface area (Å²) in [5.74, 6) is 5.91. The zero-order valence-corrected chi connectivity index (χ0v) is 32.6. The van der Waals surface area contributed by atoms with Gasteiger partial charge in [-0.3, -0.25) is 0 Å². The smallest absolute Gasteiger partial charge is 0.133 e. The Bertz CT molecular complexity index is 2680. The summed E-state index contributed by atoms with van der Waals surface area (Å²) in [5.41, 5.74) is 10.9. The summed E-state index contributed by atoms with van der Waals surface area (Å²) in [7, 11) is 0. The molecule has 0 aliphatic heterocycles. The van der Waals surface area contributed by atoms with Crippen molar-refractivity contribution in [2.45, 2.75) is 44.9 Å². The van der Waals surface area contributed by atoms with Gasteiger partial charge in [0.15, 0.2) is 0 Å². The number of thiophene rings is 1. The van der Waals surface area contributed by atoms with Crippen LogP contribution >= 0.6 is 11.3 Å². The Morgan fingerprint density at radius 2 is 1.12 bits per heavy atom. The summed E-state index contributed by atoms with van der Waals surface area (Å²) in [4.78, 5) is 2.39. The van der Waals surface area contributed by atoms with E-state index < -0.39 is 0 Å². The van der Waals surface area contributed by atoms with Gasteiger partial charge in [0.25, 0.3) is 0 Å². The molecule has 274 valence electrons. The average molecular weight is 744 g/mol. The first-order valence-electron chi connectivity index (χ1n) is 20.5. The number of ether oxygens (including phenoxy) is 1. The van der Waals surface area contributed by atoms with E-state index in [1.54, 1.807) is 0 Å². The zero-order valence-electron chi connectivity index (χ0n) is 31.8. The minimum atomic E-state index is 0.568. The van der Waals surface area contributed by atoms with Gasteiger partial charge < -0.3 is 9.64 Å². The fourth-order valence-electron chi connectivity index (χ4n) is 11.0. The molecule has 4 fully saturated rings. The molecule has 0 spiro atoms. The minimum absolute atomic E-state index is 0.568. The van der Waals surface area contributed by atoms with Crippen LogP contribution in [0.4, 0.5) is 17.1 Å². The van der Waals surface area contributed by atoms with Gasteiger partial charge in [-0.1, -0.05) is 109 Å². The number of hydrogen-bond donors (Lipinski definition) is 0. The Kier molecular flexibility index (Phi) is 8.32. The Morgan fingerprint density at radius 1 is 0.500 bits per heavy atom. The van der Waals surface area contributed by atoms with E-state index in [4.69, 9.17) is 4.74 Å². The highest BCUT2D eigenvalue weighted by molar-refractivity contribution is 7.25. The van der Waals surface area contributed by atoms with Crippen LogP contribution in [0.25, 0.3) is 42.4 Å². The van der Waals surface area contributed by atoms with Gasteiger partial charge in [-0.25, -0.2) is 0 Å². The van der Waals surface area contributed by atoms with Crippen LogP contribution in [0.2, 0.25) is 0 Å². The SMILES string of the molecule is Cc1ccccc1Oc1cc(N(c2ccccc2)c2ccc(-c3ccccc3-c3cccc4sc5ccccc5c34)cc2)ccc1C1C2CC3CC(C2)CC1C3. The summed E-state index contributed by atoms with van der Waals surface area (Å²) in [6.45, 7) is 2.15.